The molecule has 0 radical (unpaired) electrons. The SMILES string of the molecule is CCNC(=NCCCNC(=O)OC(C)(C)C)N1CCCC(C(=O)OCC)C1. The van der Waals surface area contributed by atoms with Crippen LogP contribution in [0.4, 0.5) is 4.79 Å². The van der Waals surface area contributed by atoms with Crippen LogP contribution in [-0.4, -0.2) is 67.9 Å². The summed E-state index contributed by atoms with van der Waals surface area (Å²) >= 11 is 0. The number of rotatable bonds is 7. The molecule has 1 aliphatic heterocycles. The second-order valence-electron chi connectivity index (χ2n) is 7.56. The number of piperidine rings is 1. The maximum atomic E-state index is 12.0. The molecule has 1 amide bonds. The van der Waals surface area contributed by atoms with Crippen LogP contribution < -0.4 is 10.6 Å². The summed E-state index contributed by atoms with van der Waals surface area (Å²) in [4.78, 5) is 30.4. The zero-order valence-electron chi connectivity index (χ0n) is 17.5. The zero-order valence-corrected chi connectivity index (χ0v) is 17.5. The van der Waals surface area contributed by atoms with Gasteiger partial charge in [-0.3, -0.25) is 9.79 Å². The quantitative estimate of drug-likeness (QED) is 0.302. The van der Waals surface area contributed by atoms with Crippen LogP contribution in [-0.2, 0) is 14.3 Å². The number of ether oxygens (including phenoxy) is 2. The van der Waals surface area contributed by atoms with Crippen molar-refractivity contribution in [3.8, 4) is 0 Å². The smallest absolute Gasteiger partial charge is 0.407 e. The third-order valence-electron chi connectivity index (χ3n) is 3.94. The molecule has 1 aliphatic rings. The number of amides is 1. The Kier molecular flexibility index (Phi) is 9.96. The molecule has 2 N–H and O–H groups in total. The first-order valence-corrected chi connectivity index (χ1v) is 9.93. The van der Waals surface area contributed by atoms with Crippen molar-refractivity contribution < 1.29 is 19.1 Å². The molecule has 0 aromatic rings. The van der Waals surface area contributed by atoms with Gasteiger partial charge in [0.25, 0.3) is 0 Å². The second kappa shape index (κ2) is 11.7. The molecule has 0 spiro atoms. The molecule has 8 heteroatoms. The number of aliphatic imine (C=N–C) groups is 1. The molecule has 0 aromatic carbocycles. The predicted octanol–water partition coefficient (Wildman–Crippen LogP) is 2.14. The summed E-state index contributed by atoms with van der Waals surface area (Å²) in [5.74, 6) is 0.583. The van der Waals surface area contributed by atoms with Gasteiger partial charge in [0.2, 0.25) is 0 Å². The monoisotopic (exact) mass is 384 g/mol. The van der Waals surface area contributed by atoms with Crippen LogP contribution in [0.3, 0.4) is 0 Å². The summed E-state index contributed by atoms with van der Waals surface area (Å²) < 4.78 is 10.4. The maximum absolute atomic E-state index is 12.0. The topological polar surface area (TPSA) is 92.3 Å². The van der Waals surface area contributed by atoms with Crippen molar-refractivity contribution in [1.82, 2.24) is 15.5 Å². The Bertz CT molecular complexity index is 502. The Labute approximate surface area is 163 Å². The Balaban J connectivity index is 2.47. The lowest BCUT2D eigenvalue weighted by Gasteiger charge is -2.34. The minimum atomic E-state index is -0.496. The minimum Gasteiger partial charge on any atom is -0.466 e. The lowest BCUT2D eigenvalue weighted by Crippen LogP contribution is -2.48. The van der Waals surface area contributed by atoms with Crippen molar-refractivity contribution in [2.24, 2.45) is 10.9 Å². The highest BCUT2D eigenvalue weighted by Gasteiger charge is 2.28. The van der Waals surface area contributed by atoms with Crippen molar-refractivity contribution in [2.75, 3.05) is 39.3 Å². The van der Waals surface area contributed by atoms with Crippen molar-refractivity contribution in [3.05, 3.63) is 0 Å². The van der Waals surface area contributed by atoms with E-state index in [9.17, 15) is 9.59 Å². The van der Waals surface area contributed by atoms with Gasteiger partial charge < -0.3 is 25.0 Å². The van der Waals surface area contributed by atoms with E-state index in [1.807, 2.05) is 34.6 Å². The van der Waals surface area contributed by atoms with Crippen LogP contribution in [0.2, 0.25) is 0 Å². The van der Waals surface area contributed by atoms with Gasteiger partial charge in [0.1, 0.15) is 5.60 Å². The number of esters is 1. The van der Waals surface area contributed by atoms with Crippen molar-refractivity contribution in [3.63, 3.8) is 0 Å². The van der Waals surface area contributed by atoms with Gasteiger partial charge in [0.15, 0.2) is 5.96 Å². The Hall–Kier alpha value is -1.99. The summed E-state index contributed by atoms with van der Waals surface area (Å²) in [6, 6.07) is 0. The van der Waals surface area contributed by atoms with E-state index in [2.05, 4.69) is 20.5 Å². The Morgan fingerprint density at radius 3 is 2.59 bits per heavy atom. The number of hydrogen-bond donors (Lipinski definition) is 2. The maximum Gasteiger partial charge on any atom is 0.407 e. The van der Waals surface area contributed by atoms with E-state index < -0.39 is 11.7 Å². The second-order valence-corrected chi connectivity index (χ2v) is 7.56. The summed E-state index contributed by atoms with van der Waals surface area (Å²) in [5.41, 5.74) is -0.496. The number of nitrogens with zero attached hydrogens (tertiary/aromatic N) is 2. The number of carbonyl (C=O) groups excluding carboxylic acids is 2. The molecule has 0 aliphatic carbocycles. The van der Waals surface area contributed by atoms with Crippen molar-refractivity contribution in [1.29, 1.82) is 0 Å². The number of nitrogens with one attached hydrogen (secondary N) is 2. The van der Waals surface area contributed by atoms with Gasteiger partial charge >= 0.3 is 12.1 Å². The van der Waals surface area contributed by atoms with Crippen LogP contribution in [0.15, 0.2) is 4.99 Å². The highest BCUT2D eigenvalue weighted by atomic mass is 16.6. The molecule has 0 saturated carbocycles. The number of carbonyl (C=O) groups is 2. The molecule has 1 heterocycles. The van der Waals surface area contributed by atoms with Crippen LogP contribution in [0.1, 0.15) is 53.9 Å². The molecule has 1 atom stereocenters. The van der Waals surface area contributed by atoms with Gasteiger partial charge in [-0.2, -0.15) is 0 Å². The minimum absolute atomic E-state index is 0.101. The standard InChI is InChI=1S/C19H36N4O4/c1-6-20-17(21-11-9-12-22-18(25)27-19(3,4)5)23-13-8-10-15(14-23)16(24)26-7-2/h15H,6-14H2,1-5H3,(H,20,21)(H,22,25). The molecular formula is C19H36N4O4. The van der Waals surface area contributed by atoms with Crippen LogP contribution in [0, 0.1) is 5.92 Å². The lowest BCUT2D eigenvalue weighted by molar-refractivity contribution is -0.149. The fraction of sp³-hybridized carbons (Fsp3) is 0.842. The van der Waals surface area contributed by atoms with E-state index in [0.717, 1.165) is 31.9 Å². The van der Waals surface area contributed by atoms with E-state index in [1.165, 1.54) is 0 Å². The average Bonchev–Trinajstić information content (AvgIpc) is 2.59. The van der Waals surface area contributed by atoms with Gasteiger partial charge in [0, 0.05) is 32.7 Å². The molecule has 0 aromatic heterocycles. The van der Waals surface area contributed by atoms with E-state index in [1.54, 1.807) is 0 Å². The summed E-state index contributed by atoms with van der Waals surface area (Å²) in [5, 5.41) is 6.02. The largest absolute Gasteiger partial charge is 0.466 e. The van der Waals surface area contributed by atoms with Gasteiger partial charge in [-0.05, 0) is 53.9 Å². The van der Waals surface area contributed by atoms with E-state index >= 15 is 0 Å². The van der Waals surface area contributed by atoms with Crippen LogP contribution in [0.5, 0.6) is 0 Å². The number of alkyl carbamates (subject to hydrolysis) is 1. The van der Waals surface area contributed by atoms with Crippen molar-refractivity contribution in [2.45, 2.75) is 59.5 Å². The van der Waals surface area contributed by atoms with E-state index in [0.29, 0.717) is 32.7 Å². The van der Waals surface area contributed by atoms with Crippen LogP contribution >= 0.6 is 0 Å². The fourth-order valence-corrected chi connectivity index (χ4v) is 2.82. The molecule has 1 rings (SSSR count). The first kappa shape index (κ1) is 23.0. The number of likely N-dealkylation sites (tertiary alicyclic amines) is 1. The van der Waals surface area contributed by atoms with E-state index in [-0.39, 0.29) is 11.9 Å². The Morgan fingerprint density at radius 2 is 1.96 bits per heavy atom. The molecule has 27 heavy (non-hydrogen) atoms. The molecule has 0 bridgehead atoms. The molecule has 1 saturated heterocycles. The third-order valence-corrected chi connectivity index (χ3v) is 3.94. The van der Waals surface area contributed by atoms with E-state index in [4.69, 9.17) is 9.47 Å². The van der Waals surface area contributed by atoms with Gasteiger partial charge in [-0.15, -0.1) is 0 Å². The van der Waals surface area contributed by atoms with Gasteiger partial charge in [0.05, 0.1) is 12.5 Å². The first-order chi connectivity index (χ1) is 12.8. The highest BCUT2D eigenvalue weighted by Crippen LogP contribution is 2.18. The number of hydrogen-bond acceptors (Lipinski definition) is 5. The average molecular weight is 385 g/mol. The lowest BCUT2D eigenvalue weighted by atomic mass is 9.98. The number of guanidine groups is 1. The summed E-state index contributed by atoms with van der Waals surface area (Å²) in [6.45, 7) is 13.1. The zero-order chi connectivity index (χ0) is 20.3. The first-order valence-electron chi connectivity index (χ1n) is 9.93. The molecule has 1 unspecified atom stereocenters. The van der Waals surface area contributed by atoms with Gasteiger partial charge in [-0.1, -0.05) is 0 Å². The third kappa shape index (κ3) is 9.49. The highest BCUT2D eigenvalue weighted by molar-refractivity contribution is 5.81. The van der Waals surface area contributed by atoms with Gasteiger partial charge in [-0.25, -0.2) is 4.79 Å². The molecular weight excluding hydrogens is 348 g/mol. The van der Waals surface area contributed by atoms with Crippen molar-refractivity contribution >= 4 is 18.0 Å². The molecule has 8 nitrogen and oxygen atoms in total. The molecule has 1 fully saturated rings. The summed E-state index contributed by atoms with van der Waals surface area (Å²) in [7, 11) is 0. The van der Waals surface area contributed by atoms with Crippen LogP contribution in [0.25, 0.3) is 0 Å². The predicted molar refractivity (Wildman–Crippen MR) is 106 cm³/mol. The molecule has 156 valence electrons. The normalized spacial score (nSPS) is 18.0. The fourth-order valence-electron chi connectivity index (χ4n) is 2.82. The Morgan fingerprint density at radius 1 is 1.22 bits per heavy atom. The summed E-state index contributed by atoms with van der Waals surface area (Å²) in [6.07, 6.45) is 2.10.